The second kappa shape index (κ2) is 10.4. The van der Waals surface area contributed by atoms with Gasteiger partial charge in [0.2, 0.25) is 16.0 Å². The highest BCUT2D eigenvalue weighted by Crippen LogP contribution is 2.52. The molecule has 7 rings (SSSR count). The molecular formula is C30H27F4N7O3S. The molecule has 15 heteroatoms. The molecule has 3 aliphatic carbocycles. The summed E-state index contributed by atoms with van der Waals surface area (Å²) in [5.74, 6) is -1.32. The fourth-order valence-corrected chi connectivity index (χ4v) is 8.57. The van der Waals surface area contributed by atoms with Crippen molar-refractivity contribution in [3.05, 3.63) is 89.3 Å². The van der Waals surface area contributed by atoms with Gasteiger partial charge in [0.25, 0.3) is 0 Å². The lowest BCUT2D eigenvalue weighted by molar-refractivity contribution is -0.137. The number of ketones is 1. The first kappa shape index (κ1) is 29.5. The summed E-state index contributed by atoms with van der Waals surface area (Å²) in [6, 6.07) is 3.50. The van der Waals surface area contributed by atoms with Gasteiger partial charge in [-0.25, -0.2) is 18.1 Å². The van der Waals surface area contributed by atoms with Crippen LogP contribution in [0.2, 0.25) is 0 Å². The van der Waals surface area contributed by atoms with Gasteiger partial charge in [-0.3, -0.25) is 14.5 Å². The molecule has 2 fully saturated rings. The number of allylic oxidation sites excluding steroid dienone is 1. The normalized spacial score (nSPS) is 21.7. The van der Waals surface area contributed by atoms with Crippen LogP contribution < -0.4 is 0 Å². The summed E-state index contributed by atoms with van der Waals surface area (Å²) in [5, 5.41) is 8.47. The number of aromatic nitrogens is 6. The molecule has 3 aliphatic rings. The van der Waals surface area contributed by atoms with Crippen molar-refractivity contribution >= 4 is 21.9 Å². The Hall–Kier alpha value is -4.24. The third-order valence-electron chi connectivity index (χ3n) is 8.87. The topological polar surface area (TPSA) is 116 Å². The van der Waals surface area contributed by atoms with E-state index in [1.165, 1.54) is 38.3 Å². The number of sulfonamides is 1. The van der Waals surface area contributed by atoms with Gasteiger partial charge in [-0.05, 0) is 68.4 Å². The summed E-state index contributed by atoms with van der Waals surface area (Å²) in [6.45, 7) is 0. The number of carbonyl (C=O) groups is 1. The molecule has 2 saturated carbocycles. The van der Waals surface area contributed by atoms with E-state index < -0.39 is 45.0 Å². The van der Waals surface area contributed by atoms with Gasteiger partial charge in [-0.1, -0.05) is 5.57 Å². The molecular weight excluding hydrogens is 614 g/mol. The molecule has 0 radical (unpaired) electrons. The summed E-state index contributed by atoms with van der Waals surface area (Å²) in [4.78, 5) is 22.2. The van der Waals surface area contributed by atoms with Crippen LogP contribution in [-0.2, 0) is 29.7 Å². The van der Waals surface area contributed by atoms with Crippen LogP contribution in [0.15, 0.2) is 65.7 Å². The summed E-state index contributed by atoms with van der Waals surface area (Å²) < 4.78 is 87.3. The van der Waals surface area contributed by atoms with E-state index in [1.54, 1.807) is 25.4 Å². The predicted molar refractivity (Wildman–Crippen MR) is 152 cm³/mol. The number of nitrogens with zero attached hydrogens (tertiary/aromatic N) is 7. The molecule has 0 aromatic carbocycles. The van der Waals surface area contributed by atoms with Gasteiger partial charge in [0.15, 0.2) is 5.78 Å². The van der Waals surface area contributed by atoms with Crippen molar-refractivity contribution in [2.45, 2.75) is 61.7 Å². The zero-order valence-corrected chi connectivity index (χ0v) is 24.8. The number of halogens is 4. The monoisotopic (exact) mass is 641 g/mol. The molecule has 234 valence electrons. The standard InChI is InChI=1S/C30H27F4N7O3S/c1-39-17-24(16-37-39)45(43,44)41(21-4-5-21)23-3-2-19-11-26-18(15-38-40(26)22-7-9-36-27(31)12-22)13-29(19,14-23)28(42)25-10-20(6-8-35-25)30(32,33)34/h6-12,15-17,21,23H,2-5,13-14H2,1H3/t23-,29-/m0/s1. The van der Waals surface area contributed by atoms with Crippen LogP contribution in [0, 0.1) is 11.4 Å². The van der Waals surface area contributed by atoms with Gasteiger partial charge >= 0.3 is 6.18 Å². The minimum atomic E-state index is -4.69. The highest BCUT2D eigenvalue weighted by molar-refractivity contribution is 7.89. The molecule has 4 aromatic rings. The number of Topliss-reactive ketones (excluding diaryl/α,β-unsaturated/α-hetero) is 1. The van der Waals surface area contributed by atoms with Crippen LogP contribution in [0.3, 0.4) is 0 Å². The van der Waals surface area contributed by atoms with E-state index in [9.17, 15) is 30.8 Å². The number of carbonyl (C=O) groups excluding carboxylic acids is 1. The minimum Gasteiger partial charge on any atom is -0.291 e. The lowest BCUT2D eigenvalue weighted by Gasteiger charge is -2.46. The molecule has 4 aromatic heterocycles. The summed E-state index contributed by atoms with van der Waals surface area (Å²) in [6.07, 6.45) is 5.73. The SMILES string of the molecule is Cn1cc(S(=O)(=O)N(C2CC2)[C@H]2CCC3=Cc4c(cnn4-c4ccnc(F)c4)C[C@]3(C(=O)c3cc(C(F)(F)F)ccn3)C2)cn1. The first-order chi connectivity index (χ1) is 21.4. The number of hydrogen-bond donors (Lipinski definition) is 0. The Labute approximate surface area is 255 Å². The molecule has 45 heavy (non-hydrogen) atoms. The van der Waals surface area contributed by atoms with Crippen LogP contribution in [0.25, 0.3) is 11.8 Å². The van der Waals surface area contributed by atoms with E-state index in [2.05, 4.69) is 20.2 Å². The number of hydrogen-bond acceptors (Lipinski definition) is 7. The highest BCUT2D eigenvalue weighted by atomic mass is 32.2. The van der Waals surface area contributed by atoms with Gasteiger partial charge in [-0.15, -0.1) is 0 Å². The highest BCUT2D eigenvalue weighted by Gasteiger charge is 2.54. The number of fused-ring (bicyclic) bond motifs is 2. The fourth-order valence-electron chi connectivity index (χ4n) is 6.68. The summed E-state index contributed by atoms with van der Waals surface area (Å²) >= 11 is 0. The molecule has 0 N–H and O–H groups in total. The first-order valence-electron chi connectivity index (χ1n) is 14.4. The second-order valence-corrected chi connectivity index (χ2v) is 13.6. The van der Waals surface area contributed by atoms with Gasteiger partial charge in [0, 0.05) is 43.8 Å². The Balaban J connectivity index is 1.34. The molecule has 0 unspecified atom stereocenters. The Bertz CT molecular complexity index is 1970. The first-order valence-corrected chi connectivity index (χ1v) is 15.8. The zero-order chi connectivity index (χ0) is 31.7. The largest absolute Gasteiger partial charge is 0.416 e. The van der Waals surface area contributed by atoms with Crippen LogP contribution in [0.1, 0.15) is 59.4 Å². The third-order valence-corrected chi connectivity index (χ3v) is 10.8. The molecule has 0 spiro atoms. The van der Waals surface area contributed by atoms with Crippen molar-refractivity contribution in [1.29, 1.82) is 0 Å². The van der Waals surface area contributed by atoms with Crippen LogP contribution in [0.5, 0.6) is 0 Å². The Kier molecular flexibility index (Phi) is 6.82. The van der Waals surface area contributed by atoms with E-state index >= 15 is 0 Å². The average Bonchev–Trinajstić information content (AvgIpc) is 3.58. The van der Waals surface area contributed by atoms with E-state index in [1.807, 2.05) is 0 Å². The average molecular weight is 642 g/mol. The number of alkyl halides is 3. The maximum absolute atomic E-state index is 14.5. The molecule has 2 atom stereocenters. The maximum atomic E-state index is 14.5. The van der Waals surface area contributed by atoms with E-state index in [0.29, 0.717) is 48.2 Å². The van der Waals surface area contributed by atoms with Crippen molar-refractivity contribution < 1.29 is 30.8 Å². The minimum absolute atomic E-state index is 0.0370. The third kappa shape index (κ3) is 5.07. The Morgan fingerprint density at radius 3 is 2.51 bits per heavy atom. The molecule has 0 amide bonds. The van der Waals surface area contributed by atoms with Gasteiger partial charge in [-0.2, -0.15) is 32.1 Å². The Morgan fingerprint density at radius 2 is 1.82 bits per heavy atom. The maximum Gasteiger partial charge on any atom is 0.416 e. The van der Waals surface area contributed by atoms with Crippen molar-refractivity contribution in [1.82, 2.24) is 33.8 Å². The van der Waals surface area contributed by atoms with Crippen molar-refractivity contribution in [2.24, 2.45) is 12.5 Å². The molecule has 0 bridgehead atoms. The number of pyridine rings is 2. The number of rotatable bonds is 7. The molecule has 0 aliphatic heterocycles. The number of aryl methyl sites for hydroxylation is 1. The fraction of sp³-hybridized carbons (Fsp3) is 0.367. The lowest BCUT2D eigenvalue weighted by Crippen LogP contribution is -2.51. The van der Waals surface area contributed by atoms with Crippen molar-refractivity contribution in [3.8, 4) is 5.69 Å². The zero-order valence-electron chi connectivity index (χ0n) is 23.9. The summed E-state index contributed by atoms with van der Waals surface area (Å²) in [5.41, 5.74) is -0.463. The molecule has 4 heterocycles. The van der Waals surface area contributed by atoms with Gasteiger partial charge in [0.05, 0.1) is 34.8 Å². The predicted octanol–water partition coefficient (Wildman–Crippen LogP) is 4.77. The van der Waals surface area contributed by atoms with Gasteiger partial charge in [0.1, 0.15) is 10.6 Å². The smallest absolute Gasteiger partial charge is 0.291 e. The van der Waals surface area contributed by atoms with Crippen molar-refractivity contribution in [2.75, 3.05) is 0 Å². The van der Waals surface area contributed by atoms with E-state index in [4.69, 9.17) is 0 Å². The quantitative estimate of drug-likeness (QED) is 0.162. The van der Waals surface area contributed by atoms with Crippen LogP contribution in [0.4, 0.5) is 17.6 Å². The van der Waals surface area contributed by atoms with Gasteiger partial charge < -0.3 is 0 Å². The van der Waals surface area contributed by atoms with E-state index in [0.717, 1.165) is 18.3 Å². The molecule has 0 saturated heterocycles. The second-order valence-electron chi connectivity index (χ2n) is 11.8. The van der Waals surface area contributed by atoms with E-state index in [-0.39, 0.29) is 29.5 Å². The lowest BCUT2D eigenvalue weighted by atomic mass is 9.60. The molecule has 10 nitrogen and oxygen atoms in total. The summed E-state index contributed by atoms with van der Waals surface area (Å²) in [7, 11) is -2.38. The van der Waals surface area contributed by atoms with Crippen LogP contribution >= 0.6 is 0 Å². The van der Waals surface area contributed by atoms with Crippen LogP contribution in [-0.4, -0.2) is 60.1 Å². The van der Waals surface area contributed by atoms with Crippen molar-refractivity contribution in [3.63, 3.8) is 0 Å². The Morgan fingerprint density at radius 1 is 1.04 bits per heavy atom.